The van der Waals surface area contributed by atoms with Gasteiger partial charge in [-0.3, -0.25) is 0 Å². The van der Waals surface area contributed by atoms with Crippen molar-refractivity contribution in [3.8, 4) is 11.1 Å². The molecular weight excluding hydrogens is 360 g/mol. The third-order valence-corrected chi connectivity index (χ3v) is 7.03. The van der Waals surface area contributed by atoms with Crippen molar-refractivity contribution in [1.29, 1.82) is 0 Å². The number of allylic oxidation sites excluding steroid dienone is 5. The first kappa shape index (κ1) is 18.9. The average molecular weight is 389 g/mol. The van der Waals surface area contributed by atoms with Gasteiger partial charge in [-0.25, -0.2) is 0 Å². The van der Waals surface area contributed by atoms with Crippen LogP contribution in [-0.2, 0) is 5.41 Å². The van der Waals surface area contributed by atoms with Crippen molar-refractivity contribution >= 4 is 0 Å². The number of fused-ring (bicyclic) bond motifs is 3. The van der Waals surface area contributed by atoms with Crippen LogP contribution in [0.1, 0.15) is 42.4 Å². The molecule has 3 aromatic carbocycles. The fourth-order valence-corrected chi connectivity index (χ4v) is 5.78. The van der Waals surface area contributed by atoms with Gasteiger partial charge in [-0.2, -0.15) is 0 Å². The normalized spacial score (nSPS) is 19.1. The van der Waals surface area contributed by atoms with E-state index in [0.29, 0.717) is 11.8 Å². The Kier molecular flexibility index (Phi) is 4.79. The monoisotopic (exact) mass is 388 g/mol. The van der Waals surface area contributed by atoms with Crippen LogP contribution < -0.4 is 0 Å². The molecule has 0 spiro atoms. The maximum absolute atomic E-state index is 4.08. The summed E-state index contributed by atoms with van der Waals surface area (Å²) in [6, 6.07) is 29.2. The summed E-state index contributed by atoms with van der Waals surface area (Å²) in [5, 5.41) is 0. The molecule has 148 valence electrons. The second kappa shape index (κ2) is 7.61. The van der Waals surface area contributed by atoms with Crippen molar-refractivity contribution < 1.29 is 0 Å². The van der Waals surface area contributed by atoms with Crippen LogP contribution in [0.4, 0.5) is 0 Å². The Labute approximate surface area is 180 Å². The zero-order chi connectivity index (χ0) is 20.6. The van der Waals surface area contributed by atoms with Gasteiger partial charge in [-0.15, -0.1) is 6.58 Å². The molecule has 0 saturated carbocycles. The summed E-state index contributed by atoms with van der Waals surface area (Å²) in [6.07, 6.45) is 11.3. The van der Waals surface area contributed by atoms with Gasteiger partial charge in [0.2, 0.25) is 0 Å². The lowest BCUT2D eigenvalue weighted by molar-refractivity contribution is 0.302. The van der Waals surface area contributed by atoms with Crippen LogP contribution in [0, 0.1) is 5.92 Å². The van der Waals surface area contributed by atoms with Crippen LogP contribution in [0.2, 0.25) is 0 Å². The molecule has 0 heteroatoms. The van der Waals surface area contributed by atoms with Crippen molar-refractivity contribution in [3.05, 3.63) is 132 Å². The van der Waals surface area contributed by atoms with Crippen molar-refractivity contribution in [2.45, 2.75) is 31.1 Å². The minimum Gasteiger partial charge on any atom is -0.103 e. The molecule has 2 unspecified atom stereocenters. The van der Waals surface area contributed by atoms with Gasteiger partial charge in [0.1, 0.15) is 0 Å². The molecule has 3 aromatic rings. The largest absolute Gasteiger partial charge is 0.103 e. The van der Waals surface area contributed by atoms with Gasteiger partial charge >= 0.3 is 0 Å². The highest BCUT2D eigenvalue weighted by molar-refractivity contribution is 5.80. The third-order valence-electron chi connectivity index (χ3n) is 7.03. The SMILES string of the molecule is C=CCCC(c1ccccc1)(C1C=CC(C)=C1)C1c2ccccc2-c2ccccc21. The smallest absolute Gasteiger partial charge is 0.0207 e. The highest BCUT2D eigenvalue weighted by atomic mass is 14.5. The summed E-state index contributed by atoms with van der Waals surface area (Å²) in [5.41, 5.74) is 8.41. The molecule has 0 nitrogen and oxygen atoms in total. The number of benzene rings is 3. The van der Waals surface area contributed by atoms with E-state index in [2.05, 4.69) is 117 Å². The maximum Gasteiger partial charge on any atom is 0.0207 e. The van der Waals surface area contributed by atoms with Gasteiger partial charge in [-0.1, -0.05) is 109 Å². The number of hydrogen-bond donors (Lipinski definition) is 0. The van der Waals surface area contributed by atoms with Crippen LogP contribution in [-0.4, -0.2) is 0 Å². The first-order chi connectivity index (χ1) is 14.8. The van der Waals surface area contributed by atoms with E-state index in [1.165, 1.54) is 33.4 Å². The summed E-state index contributed by atoms with van der Waals surface area (Å²) < 4.78 is 0. The summed E-state index contributed by atoms with van der Waals surface area (Å²) >= 11 is 0. The average Bonchev–Trinajstić information content (AvgIpc) is 3.38. The fourth-order valence-electron chi connectivity index (χ4n) is 5.78. The lowest BCUT2D eigenvalue weighted by Gasteiger charge is -2.44. The quantitative estimate of drug-likeness (QED) is 0.377. The predicted molar refractivity (Wildman–Crippen MR) is 128 cm³/mol. The summed E-state index contributed by atoms with van der Waals surface area (Å²) in [7, 11) is 0. The lowest BCUT2D eigenvalue weighted by atomic mass is 9.58. The second-order valence-corrected chi connectivity index (χ2v) is 8.64. The van der Waals surface area contributed by atoms with Crippen LogP contribution in [0.15, 0.2) is 115 Å². The Hall–Kier alpha value is -3.12. The highest BCUT2D eigenvalue weighted by Gasteiger charge is 2.49. The zero-order valence-corrected chi connectivity index (χ0v) is 17.6. The Morgan fingerprint density at radius 3 is 2.00 bits per heavy atom. The van der Waals surface area contributed by atoms with E-state index in [-0.39, 0.29) is 5.41 Å². The molecule has 0 saturated heterocycles. The van der Waals surface area contributed by atoms with Gasteiger partial charge in [-0.05, 0) is 47.6 Å². The molecule has 0 aromatic heterocycles. The van der Waals surface area contributed by atoms with E-state index in [0.717, 1.165) is 12.8 Å². The van der Waals surface area contributed by atoms with E-state index in [9.17, 15) is 0 Å². The molecule has 30 heavy (non-hydrogen) atoms. The van der Waals surface area contributed by atoms with Gasteiger partial charge in [0, 0.05) is 17.3 Å². The molecule has 2 aliphatic rings. The van der Waals surface area contributed by atoms with Crippen LogP contribution in [0.5, 0.6) is 0 Å². The Balaban J connectivity index is 1.83. The second-order valence-electron chi connectivity index (χ2n) is 8.64. The Morgan fingerprint density at radius 2 is 1.43 bits per heavy atom. The third kappa shape index (κ3) is 2.82. The van der Waals surface area contributed by atoms with E-state index < -0.39 is 0 Å². The van der Waals surface area contributed by atoms with Crippen molar-refractivity contribution in [2.24, 2.45) is 5.92 Å². The van der Waals surface area contributed by atoms with Crippen molar-refractivity contribution in [2.75, 3.05) is 0 Å². The maximum atomic E-state index is 4.08. The molecule has 0 amide bonds. The van der Waals surface area contributed by atoms with E-state index >= 15 is 0 Å². The highest BCUT2D eigenvalue weighted by Crippen LogP contribution is 2.59. The number of hydrogen-bond acceptors (Lipinski definition) is 0. The topological polar surface area (TPSA) is 0 Å². The van der Waals surface area contributed by atoms with E-state index in [1.54, 1.807) is 0 Å². The molecule has 0 aliphatic heterocycles. The van der Waals surface area contributed by atoms with Crippen LogP contribution >= 0.6 is 0 Å². The van der Waals surface area contributed by atoms with Crippen molar-refractivity contribution in [1.82, 2.24) is 0 Å². The van der Waals surface area contributed by atoms with Crippen molar-refractivity contribution in [3.63, 3.8) is 0 Å². The number of rotatable bonds is 6. The molecule has 0 fully saturated rings. The van der Waals surface area contributed by atoms with Crippen LogP contribution in [0.3, 0.4) is 0 Å². The Morgan fingerprint density at radius 1 is 0.833 bits per heavy atom. The molecule has 0 N–H and O–H groups in total. The minimum absolute atomic E-state index is 0.0631. The summed E-state index contributed by atoms with van der Waals surface area (Å²) in [4.78, 5) is 0. The molecular formula is C30H28. The van der Waals surface area contributed by atoms with Gasteiger partial charge < -0.3 is 0 Å². The molecule has 2 aliphatic carbocycles. The van der Waals surface area contributed by atoms with Crippen LogP contribution in [0.25, 0.3) is 11.1 Å². The zero-order valence-electron chi connectivity index (χ0n) is 17.6. The Bertz CT molecular complexity index is 1090. The summed E-state index contributed by atoms with van der Waals surface area (Å²) in [6.45, 7) is 6.30. The predicted octanol–water partition coefficient (Wildman–Crippen LogP) is 7.84. The lowest BCUT2D eigenvalue weighted by Crippen LogP contribution is -2.39. The molecule has 5 rings (SSSR count). The van der Waals surface area contributed by atoms with Gasteiger partial charge in [0.15, 0.2) is 0 Å². The van der Waals surface area contributed by atoms with E-state index in [4.69, 9.17) is 0 Å². The molecule has 2 atom stereocenters. The first-order valence-corrected chi connectivity index (χ1v) is 11.0. The fraction of sp³-hybridized carbons (Fsp3) is 0.200. The molecule has 0 bridgehead atoms. The summed E-state index contributed by atoms with van der Waals surface area (Å²) in [5.74, 6) is 0.660. The van der Waals surface area contributed by atoms with E-state index in [1.807, 2.05) is 0 Å². The minimum atomic E-state index is -0.0631. The van der Waals surface area contributed by atoms with Gasteiger partial charge in [0.05, 0.1) is 0 Å². The van der Waals surface area contributed by atoms with Gasteiger partial charge in [0.25, 0.3) is 0 Å². The molecule has 0 heterocycles. The first-order valence-electron chi connectivity index (χ1n) is 11.0. The standard InChI is InChI=1S/C30H28/c1-3-4-20-30(23-12-6-5-7-13-23,24-19-18-22(2)21-24)29-27-16-10-8-14-25(27)26-15-9-11-17-28(26)29/h3,5-19,21,24,29H,1,4,20H2,2H3. The molecule has 0 radical (unpaired) electrons.